The number of anilines is 2. The highest BCUT2D eigenvalue weighted by atomic mass is 79.9. The van der Waals surface area contributed by atoms with Crippen molar-refractivity contribution in [2.24, 2.45) is 5.92 Å². The Hall–Kier alpha value is -2.26. The topological polar surface area (TPSA) is 97.4 Å². The summed E-state index contributed by atoms with van der Waals surface area (Å²) in [4.78, 5) is 41.4. The molecule has 0 saturated heterocycles. The van der Waals surface area contributed by atoms with E-state index in [-0.39, 0.29) is 24.1 Å². The number of aromatic nitrogens is 1. The van der Waals surface area contributed by atoms with Gasteiger partial charge in [0.1, 0.15) is 0 Å². The van der Waals surface area contributed by atoms with Crippen LogP contribution in [0.2, 0.25) is 0 Å². The molecule has 2 amide bonds. The average molecular weight is 494 g/mol. The van der Waals surface area contributed by atoms with Crippen LogP contribution >= 0.6 is 27.3 Å². The molecule has 1 aliphatic carbocycles. The molecule has 0 radical (unpaired) electrons. The molecule has 160 valence electrons. The Balaban J connectivity index is 1.69. The lowest BCUT2D eigenvalue weighted by Gasteiger charge is -2.14. The number of hydrogen-bond donors (Lipinski definition) is 2. The first-order chi connectivity index (χ1) is 14.4. The van der Waals surface area contributed by atoms with E-state index in [1.54, 1.807) is 13.0 Å². The maximum atomic E-state index is 12.9. The lowest BCUT2D eigenvalue weighted by atomic mass is 9.94. The number of halogens is 1. The number of thiazole rings is 1. The van der Waals surface area contributed by atoms with Crippen LogP contribution in [0.3, 0.4) is 0 Å². The van der Waals surface area contributed by atoms with Crippen molar-refractivity contribution in [1.82, 2.24) is 4.98 Å². The van der Waals surface area contributed by atoms with Gasteiger partial charge in [-0.15, -0.1) is 0 Å². The zero-order valence-corrected chi connectivity index (χ0v) is 19.3. The highest BCUT2D eigenvalue weighted by Gasteiger charge is 2.26. The molecular formula is C21H24BrN3O4S. The van der Waals surface area contributed by atoms with Gasteiger partial charge in [0.25, 0.3) is 0 Å². The van der Waals surface area contributed by atoms with E-state index in [4.69, 9.17) is 4.74 Å². The SMILES string of the molecule is CCOC(=O)Cc1nc(NC(=O)Nc2ccc(C)cc2C(=O)C2CCCC2)sc1Br. The summed E-state index contributed by atoms with van der Waals surface area (Å²) in [7, 11) is 0. The van der Waals surface area contributed by atoms with Crippen molar-refractivity contribution in [2.45, 2.75) is 46.0 Å². The Morgan fingerprint density at radius 2 is 1.97 bits per heavy atom. The number of hydrogen-bond acceptors (Lipinski definition) is 6. The molecule has 30 heavy (non-hydrogen) atoms. The van der Waals surface area contributed by atoms with Gasteiger partial charge in [-0.3, -0.25) is 14.9 Å². The minimum atomic E-state index is -0.497. The van der Waals surface area contributed by atoms with Crippen LogP contribution in [0.15, 0.2) is 22.0 Å². The quantitative estimate of drug-likeness (QED) is 0.400. The number of amides is 2. The van der Waals surface area contributed by atoms with Crippen molar-refractivity contribution in [2.75, 3.05) is 17.2 Å². The summed E-state index contributed by atoms with van der Waals surface area (Å²) in [5, 5.41) is 5.78. The second kappa shape index (κ2) is 10.2. The van der Waals surface area contributed by atoms with Crippen molar-refractivity contribution in [1.29, 1.82) is 0 Å². The van der Waals surface area contributed by atoms with Gasteiger partial charge in [-0.05, 0) is 54.8 Å². The van der Waals surface area contributed by atoms with E-state index >= 15 is 0 Å². The number of ether oxygens (including phenoxy) is 1. The van der Waals surface area contributed by atoms with Gasteiger partial charge in [-0.2, -0.15) is 0 Å². The predicted octanol–water partition coefficient (Wildman–Crippen LogP) is 5.34. The van der Waals surface area contributed by atoms with Crippen LogP contribution in [0.5, 0.6) is 0 Å². The molecule has 0 unspecified atom stereocenters. The maximum Gasteiger partial charge on any atom is 0.325 e. The van der Waals surface area contributed by atoms with Crippen LogP contribution in [0.4, 0.5) is 15.6 Å². The Bertz CT molecular complexity index is 954. The third-order valence-electron chi connectivity index (χ3n) is 4.90. The summed E-state index contributed by atoms with van der Waals surface area (Å²) in [5.74, 6) is -0.273. The Labute approximate surface area is 187 Å². The maximum absolute atomic E-state index is 12.9. The van der Waals surface area contributed by atoms with Gasteiger partial charge >= 0.3 is 12.0 Å². The molecule has 7 nitrogen and oxygen atoms in total. The number of benzene rings is 1. The highest BCUT2D eigenvalue weighted by Crippen LogP contribution is 2.32. The standard InChI is InChI=1S/C21H24BrN3O4S/c1-3-29-17(26)11-16-19(22)30-21(24-16)25-20(28)23-15-9-8-12(2)10-14(15)18(27)13-6-4-5-7-13/h8-10,13H,3-7,11H2,1-2H3,(H2,23,24,25,28). The van der Waals surface area contributed by atoms with Crippen molar-refractivity contribution in [3.8, 4) is 0 Å². The molecule has 0 aliphatic heterocycles. The van der Waals surface area contributed by atoms with E-state index in [1.165, 1.54) is 11.3 Å². The fourth-order valence-corrected chi connectivity index (χ4v) is 4.87. The molecule has 9 heteroatoms. The fourth-order valence-electron chi connectivity index (χ4n) is 3.47. The van der Waals surface area contributed by atoms with Gasteiger partial charge in [-0.25, -0.2) is 9.78 Å². The van der Waals surface area contributed by atoms with E-state index in [0.29, 0.717) is 32.5 Å². The van der Waals surface area contributed by atoms with E-state index in [0.717, 1.165) is 31.2 Å². The summed E-state index contributed by atoms with van der Waals surface area (Å²) in [6.45, 7) is 3.96. The minimum Gasteiger partial charge on any atom is -0.466 e. The van der Waals surface area contributed by atoms with E-state index < -0.39 is 6.03 Å². The van der Waals surface area contributed by atoms with Crippen LogP contribution in [0.25, 0.3) is 0 Å². The first-order valence-electron chi connectivity index (χ1n) is 9.91. The van der Waals surface area contributed by atoms with Gasteiger partial charge in [0, 0.05) is 11.5 Å². The highest BCUT2D eigenvalue weighted by molar-refractivity contribution is 9.11. The molecule has 1 aliphatic rings. The first kappa shape index (κ1) is 22.4. The number of nitrogens with one attached hydrogen (secondary N) is 2. The van der Waals surface area contributed by atoms with Crippen molar-refractivity contribution in [3.05, 3.63) is 38.8 Å². The third-order valence-corrected chi connectivity index (χ3v) is 6.65. The van der Waals surface area contributed by atoms with Crippen LogP contribution in [-0.4, -0.2) is 29.4 Å². The van der Waals surface area contributed by atoms with Crippen LogP contribution in [0.1, 0.15) is 54.2 Å². The van der Waals surface area contributed by atoms with Gasteiger partial charge in [-0.1, -0.05) is 35.8 Å². The molecule has 1 heterocycles. The lowest BCUT2D eigenvalue weighted by Crippen LogP contribution is -2.22. The lowest BCUT2D eigenvalue weighted by molar-refractivity contribution is -0.142. The molecule has 2 N–H and O–H groups in total. The average Bonchev–Trinajstić information content (AvgIpc) is 3.33. The molecule has 1 saturated carbocycles. The molecular weight excluding hydrogens is 470 g/mol. The van der Waals surface area contributed by atoms with Crippen LogP contribution in [0, 0.1) is 12.8 Å². The summed E-state index contributed by atoms with van der Waals surface area (Å²) >= 11 is 4.57. The summed E-state index contributed by atoms with van der Waals surface area (Å²) in [5.41, 5.74) is 2.49. The number of ketones is 1. The number of carbonyl (C=O) groups is 3. The van der Waals surface area contributed by atoms with E-state index in [1.807, 2.05) is 19.1 Å². The van der Waals surface area contributed by atoms with Crippen LogP contribution in [-0.2, 0) is 16.0 Å². The first-order valence-corrected chi connectivity index (χ1v) is 11.5. The normalized spacial score (nSPS) is 13.8. The molecule has 1 aromatic heterocycles. The molecule has 0 atom stereocenters. The number of carbonyl (C=O) groups excluding carboxylic acids is 3. The Kier molecular flexibility index (Phi) is 7.60. The summed E-state index contributed by atoms with van der Waals surface area (Å²) in [6.07, 6.45) is 3.95. The largest absolute Gasteiger partial charge is 0.466 e. The molecule has 2 aromatic rings. The van der Waals surface area contributed by atoms with E-state index in [9.17, 15) is 14.4 Å². The summed E-state index contributed by atoms with van der Waals surface area (Å²) < 4.78 is 5.58. The van der Waals surface area contributed by atoms with Crippen molar-refractivity contribution < 1.29 is 19.1 Å². The second-order valence-corrected chi connectivity index (χ2v) is 9.51. The smallest absolute Gasteiger partial charge is 0.325 e. The number of aryl methyl sites for hydroxylation is 1. The molecule has 3 rings (SSSR count). The summed E-state index contributed by atoms with van der Waals surface area (Å²) in [6, 6.07) is 4.94. The van der Waals surface area contributed by atoms with Gasteiger partial charge < -0.3 is 10.1 Å². The van der Waals surface area contributed by atoms with Crippen molar-refractivity contribution in [3.63, 3.8) is 0 Å². The number of urea groups is 1. The number of esters is 1. The molecule has 1 fully saturated rings. The van der Waals surface area contributed by atoms with E-state index in [2.05, 4.69) is 31.5 Å². The monoisotopic (exact) mass is 493 g/mol. The zero-order valence-electron chi connectivity index (χ0n) is 16.9. The third kappa shape index (κ3) is 5.66. The fraction of sp³-hybridized carbons (Fsp3) is 0.429. The number of Topliss-reactive ketones (excluding diaryl/α,β-unsaturated/α-hetero) is 1. The number of rotatable bonds is 7. The molecule has 0 spiro atoms. The van der Waals surface area contributed by atoms with Gasteiger partial charge in [0.2, 0.25) is 0 Å². The van der Waals surface area contributed by atoms with Crippen LogP contribution < -0.4 is 10.6 Å². The van der Waals surface area contributed by atoms with Gasteiger partial charge in [0.05, 0.1) is 28.2 Å². The zero-order chi connectivity index (χ0) is 21.7. The minimum absolute atomic E-state index is 0.0201. The second-order valence-electron chi connectivity index (χ2n) is 7.20. The number of nitrogens with zero attached hydrogens (tertiary/aromatic N) is 1. The Morgan fingerprint density at radius 1 is 1.23 bits per heavy atom. The molecule has 1 aromatic carbocycles. The molecule has 0 bridgehead atoms. The van der Waals surface area contributed by atoms with Crippen molar-refractivity contribution >= 4 is 55.9 Å². The van der Waals surface area contributed by atoms with Gasteiger partial charge in [0.15, 0.2) is 10.9 Å². The Morgan fingerprint density at radius 3 is 2.67 bits per heavy atom. The predicted molar refractivity (Wildman–Crippen MR) is 120 cm³/mol.